The van der Waals surface area contributed by atoms with Crippen LogP contribution in [0.4, 0.5) is 10.2 Å². The molecule has 0 unspecified atom stereocenters. The summed E-state index contributed by atoms with van der Waals surface area (Å²) in [6.45, 7) is -0.494. The van der Waals surface area contributed by atoms with E-state index in [1.54, 1.807) is 0 Å². The molecule has 2 rings (SSSR count). The fraction of sp³-hybridized carbons (Fsp3) is 0.400. The number of rotatable bonds is 2. The number of aromatic nitrogens is 2. The quantitative estimate of drug-likeness (QED) is 0.534. The molecule has 2 heterocycles. The predicted octanol–water partition coefficient (Wildman–Crippen LogP) is -2.72. The van der Waals surface area contributed by atoms with E-state index in [-0.39, 0.29) is 28.7 Å². The predicted molar refractivity (Wildman–Crippen MR) is 66.3 cm³/mol. The highest BCUT2D eigenvalue weighted by Crippen LogP contribution is 2.33. The Morgan fingerprint density at radius 2 is 2.20 bits per heavy atom. The van der Waals surface area contributed by atoms with Crippen LogP contribution in [0.5, 0.6) is 0 Å². The van der Waals surface area contributed by atoms with Gasteiger partial charge in [-0.3, -0.25) is 4.57 Å². The number of nitrogen functional groups attached to an aromatic ring is 1. The Hall–Kier alpha value is -1.85. The molecule has 3 atom stereocenters. The van der Waals surface area contributed by atoms with E-state index in [0.717, 1.165) is 4.57 Å². The molecule has 20 heavy (non-hydrogen) atoms. The third-order valence-corrected chi connectivity index (χ3v) is 2.69. The first kappa shape index (κ1) is 18.1. The summed E-state index contributed by atoms with van der Waals surface area (Å²) in [4.78, 5) is 15.1. The summed E-state index contributed by atoms with van der Waals surface area (Å²) in [5.74, 6) is 0.0271. The minimum atomic E-state index is -1.31. The van der Waals surface area contributed by atoms with E-state index in [4.69, 9.17) is 15.6 Å². The van der Waals surface area contributed by atoms with E-state index in [1.807, 2.05) is 0 Å². The molecular formula is C10H16FN3O6. The van der Waals surface area contributed by atoms with Gasteiger partial charge in [-0.25, -0.2) is 9.18 Å². The molecule has 1 aromatic rings. The molecule has 0 aromatic carbocycles. The standard InChI is InChI=1S/C10H12FN3O4.2H2O/c11-3-5-8(16)6(4-15)18-9(5)14-2-1-7(12)13-10(14)17;;/h1-3,6,8-9,15-16H,4H2,(H2,12,13,17);2*1H2/b5-3-;;/t6-,8+,9-;;/m1../s1. The molecule has 9 nitrogen and oxygen atoms in total. The largest absolute Gasteiger partial charge is 0.412 e. The molecule has 8 N–H and O–H groups in total. The number of halogens is 1. The smallest absolute Gasteiger partial charge is 0.351 e. The zero-order valence-electron chi connectivity index (χ0n) is 10.2. The van der Waals surface area contributed by atoms with E-state index in [0.29, 0.717) is 0 Å². The Labute approximate surface area is 112 Å². The minimum Gasteiger partial charge on any atom is -0.412 e. The Morgan fingerprint density at radius 1 is 1.55 bits per heavy atom. The van der Waals surface area contributed by atoms with Crippen LogP contribution in [0.15, 0.2) is 29.0 Å². The third kappa shape index (κ3) is 3.00. The molecule has 1 aliphatic heterocycles. The number of nitrogens with zero attached hydrogens (tertiary/aromatic N) is 2. The number of aliphatic hydroxyl groups is 2. The number of ether oxygens (including phenoxy) is 1. The van der Waals surface area contributed by atoms with Gasteiger partial charge in [0.15, 0.2) is 6.23 Å². The second kappa shape index (κ2) is 7.07. The summed E-state index contributed by atoms with van der Waals surface area (Å²) >= 11 is 0. The van der Waals surface area contributed by atoms with Gasteiger partial charge in [0.25, 0.3) is 0 Å². The van der Waals surface area contributed by atoms with Gasteiger partial charge in [-0.15, -0.1) is 0 Å². The van der Waals surface area contributed by atoms with Gasteiger partial charge in [-0.05, 0) is 6.07 Å². The SMILES string of the molecule is Nc1ccn([C@@H]2O[C@H](CO)[C@@H](O)/C2=C/F)c(=O)n1.O.O. The molecule has 0 aliphatic carbocycles. The molecule has 1 saturated heterocycles. The lowest BCUT2D eigenvalue weighted by Crippen LogP contribution is -2.28. The second-order valence-corrected chi connectivity index (χ2v) is 3.81. The normalized spacial score (nSPS) is 26.9. The van der Waals surface area contributed by atoms with Gasteiger partial charge in [-0.2, -0.15) is 4.98 Å². The minimum absolute atomic E-state index is 0. The summed E-state index contributed by atoms with van der Waals surface area (Å²) < 4.78 is 19.0. The summed E-state index contributed by atoms with van der Waals surface area (Å²) in [6.07, 6.45) is -1.99. The maximum absolute atomic E-state index is 12.8. The Morgan fingerprint density at radius 3 is 2.70 bits per heavy atom. The summed E-state index contributed by atoms with van der Waals surface area (Å²) in [6, 6.07) is 1.35. The first-order chi connectivity index (χ1) is 8.58. The highest BCUT2D eigenvalue weighted by Gasteiger charge is 2.40. The van der Waals surface area contributed by atoms with Gasteiger partial charge in [0.2, 0.25) is 0 Å². The molecule has 1 aromatic heterocycles. The van der Waals surface area contributed by atoms with Crippen LogP contribution in [0.1, 0.15) is 6.23 Å². The Balaban J connectivity index is 0.00000180. The first-order valence-corrected chi connectivity index (χ1v) is 5.17. The molecule has 0 amide bonds. The zero-order chi connectivity index (χ0) is 13.3. The molecule has 0 saturated carbocycles. The molecule has 0 radical (unpaired) electrons. The van der Waals surface area contributed by atoms with Crippen LogP contribution in [-0.4, -0.2) is 49.5 Å². The molecule has 114 valence electrons. The van der Waals surface area contributed by atoms with Crippen LogP contribution >= 0.6 is 0 Å². The molecule has 0 spiro atoms. The fourth-order valence-corrected chi connectivity index (χ4v) is 1.77. The molecule has 0 bridgehead atoms. The van der Waals surface area contributed by atoms with E-state index in [9.17, 15) is 14.3 Å². The van der Waals surface area contributed by atoms with Crippen molar-refractivity contribution in [2.24, 2.45) is 0 Å². The highest BCUT2D eigenvalue weighted by atomic mass is 19.1. The van der Waals surface area contributed by atoms with Gasteiger partial charge in [0.05, 0.1) is 12.9 Å². The van der Waals surface area contributed by atoms with Crippen molar-refractivity contribution in [1.82, 2.24) is 9.55 Å². The molecule has 10 heteroatoms. The zero-order valence-corrected chi connectivity index (χ0v) is 10.2. The van der Waals surface area contributed by atoms with Crippen LogP contribution in [-0.2, 0) is 4.74 Å². The van der Waals surface area contributed by atoms with Gasteiger partial charge >= 0.3 is 5.69 Å². The average molecular weight is 293 g/mol. The third-order valence-electron chi connectivity index (χ3n) is 2.69. The number of nitrogens with two attached hydrogens (primary N) is 1. The van der Waals surface area contributed by atoms with E-state index in [2.05, 4.69) is 4.98 Å². The van der Waals surface area contributed by atoms with E-state index >= 15 is 0 Å². The lowest BCUT2D eigenvalue weighted by Gasteiger charge is -2.14. The molecule has 1 aliphatic rings. The van der Waals surface area contributed by atoms with Crippen LogP contribution in [0, 0.1) is 0 Å². The van der Waals surface area contributed by atoms with Crippen LogP contribution in [0.2, 0.25) is 0 Å². The second-order valence-electron chi connectivity index (χ2n) is 3.81. The topological polar surface area (TPSA) is 174 Å². The van der Waals surface area contributed by atoms with Crippen molar-refractivity contribution in [3.8, 4) is 0 Å². The van der Waals surface area contributed by atoms with Gasteiger partial charge in [0, 0.05) is 11.8 Å². The number of anilines is 1. The van der Waals surface area contributed by atoms with Crippen molar-refractivity contribution in [3.05, 3.63) is 34.7 Å². The maximum Gasteiger partial charge on any atom is 0.351 e. The fourth-order valence-electron chi connectivity index (χ4n) is 1.77. The average Bonchev–Trinajstić information content (AvgIpc) is 2.65. The first-order valence-electron chi connectivity index (χ1n) is 5.17. The van der Waals surface area contributed by atoms with Crippen molar-refractivity contribution < 1.29 is 30.3 Å². The number of hydrogen-bond donors (Lipinski definition) is 3. The van der Waals surface area contributed by atoms with Gasteiger partial charge in [0.1, 0.15) is 18.0 Å². The van der Waals surface area contributed by atoms with Crippen molar-refractivity contribution in [2.75, 3.05) is 12.3 Å². The number of aliphatic hydroxyl groups excluding tert-OH is 2. The number of hydrogen-bond acceptors (Lipinski definition) is 6. The van der Waals surface area contributed by atoms with Crippen LogP contribution in [0.3, 0.4) is 0 Å². The van der Waals surface area contributed by atoms with Gasteiger partial charge in [-0.1, -0.05) is 0 Å². The van der Waals surface area contributed by atoms with Crippen molar-refractivity contribution in [3.63, 3.8) is 0 Å². The van der Waals surface area contributed by atoms with Crippen molar-refractivity contribution >= 4 is 5.82 Å². The van der Waals surface area contributed by atoms with E-state index in [1.165, 1.54) is 12.3 Å². The summed E-state index contributed by atoms with van der Waals surface area (Å²) in [5.41, 5.74) is 4.45. The van der Waals surface area contributed by atoms with Crippen molar-refractivity contribution in [2.45, 2.75) is 18.4 Å². The van der Waals surface area contributed by atoms with Crippen LogP contribution < -0.4 is 11.4 Å². The highest BCUT2D eigenvalue weighted by molar-refractivity contribution is 5.25. The molecular weight excluding hydrogens is 277 g/mol. The Bertz CT molecular complexity index is 534. The molecule has 1 fully saturated rings. The van der Waals surface area contributed by atoms with Crippen LogP contribution in [0.25, 0.3) is 0 Å². The monoisotopic (exact) mass is 293 g/mol. The summed E-state index contributed by atoms with van der Waals surface area (Å²) in [7, 11) is 0. The lowest BCUT2D eigenvalue weighted by atomic mass is 10.1. The maximum atomic E-state index is 12.8. The Kier molecular flexibility index (Phi) is 6.42. The lowest BCUT2D eigenvalue weighted by molar-refractivity contribution is -0.0447. The van der Waals surface area contributed by atoms with E-state index < -0.39 is 30.7 Å². The van der Waals surface area contributed by atoms with Crippen molar-refractivity contribution in [1.29, 1.82) is 0 Å². The van der Waals surface area contributed by atoms with Gasteiger partial charge < -0.3 is 31.6 Å². The summed E-state index contributed by atoms with van der Waals surface area (Å²) in [5, 5.41) is 18.6.